The monoisotopic (exact) mass is 265 g/mol. The Morgan fingerprint density at radius 1 is 1.38 bits per heavy atom. The fourth-order valence-corrected chi connectivity index (χ4v) is 3.45. The van der Waals surface area contributed by atoms with E-state index in [1.54, 1.807) is 6.92 Å². The van der Waals surface area contributed by atoms with E-state index in [0.29, 0.717) is 13.1 Å². The Bertz CT molecular complexity index is 348. The molecule has 0 amide bonds. The van der Waals surface area contributed by atoms with Crippen molar-refractivity contribution in [1.82, 2.24) is 9.21 Å². The van der Waals surface area contributed by atoms with Gasteiger partial charge in [-0.3, -0.25) is 0 Å². The van der Waals surface area contributed by atoms with Gasteiger partial charge < -0.3 is 10.6 Å². The van der Waals surface area contributed by atoms with Gasteiger partial charge in [0.15, 0.2) is 0 Å². The highest BCUT2D eigenvalue weighted by Crippen LogP contribution is 2.12. The van der Waals surface area contributed by atoms with Gasteiger partial charge in [0.05, 0.1) is 4.99 Å². The first kappa shape index (κ1) is 13.8. The fraction of sp³-hybridized carbons (Fsp3) is 0.889. The van der Waals surface area contributed by atoms with Crippen LogP contribution in [0.25, 0.3) is 0 Å². The molecule has 1 rings (SSSR count). The summed E-state index contributed by atoms with van der Waals surface area (Å²) in [5.41, 5.74) is 5.40. The van der Waals surface area contributed by atoms with E-state index >= 15 is 0 Å². The number of rotatable bonds is 4. The highest BCUT2D eigenvalue weighted by atomic mass is 32.2. The largest absolute Gasteiger partial charge is 0.392 e. The molecule has 2 N–H and O–H groups in total. The molecule has 16 heavy (non-hydrogen) atoms. The summed E-state index contributed by atoms with van der Waals surface area (Å²) in [5.74, 6) is 0. The van der Waals surface area contributed by atoms with E-state index in [4.69, 9.17) is 18.0 Å². The van der Waals surface area contributed by atoms with E-state index < -0.39 is 15.3 Å². The summed E-state index contributed by atoms with van der Waals surface area (Å²) in [6.45, 7) is 7.19. The molecule has 1 fully saturated rings. The van der Waals surface area contributed by atoms with Crippen LogP contribution >= 0.6 is 12.2 Å². The first-order valence-corrected chi connectivity index (χ1v) is 7.31. The van der Waals surface area contributed by atoms with E-state index in [2.05, 4.69) is 11.8 Å². The zero-order valence-electron chi connectivity index (χ0n) is 9.72. The lowest BCUT2D eigenvalue weighted by molar-refractivity contribution is 0.196. The maximum absolute atomic E-state index is 12.1. The number of nitrogens with two attached hydrogens (primary N) is 1. The van der Waals surface area contributed by atoms with Crippen LogP contribution in [0.1, 0.15) is 13.8 Å². The van der Waals surface area contributed by atoms with Crippen LogP contribution in [0.15, 0.2) is 0 Å². The maximum Gasteiger partial charge on any atom is 0.223 e. The molecule has 0 aromatic carbocycles. The molecule has 0 aliphatic carbocycles. The number of piperazine rings is 1. The summed E-state index contributed by atoms with van der Waals surface area (Å²) in [6.07, 6.45) is 0. The van der Waals surface area contributed by atoms with Crippen LogP contribution in [0.2, 0.25) is 0 Å². The summed E-state index contributed by atoms with van der Waals surface area (Å²) in [5, 5.41) is -0.768. The Labute approximate surface area is 103 Å². The maximum atomic E-state index is 12.1. The quantitative estimate of drug-likeness (QED) is 0.703. The number of likely N-dealkylation sites (N-methyl/N-ethyl adjacent to an activating group) is 1. The number of thiocarbonyl (C=S) groups is 1. The average molecular weight is 265 g/mol. The molecule has 0 aromatic rings. The molecule has 0 spiro atoms. The lowest BCUT2D eigenvalue weighted by Gasteiger charge is -2.34. The average Bonchev–Trinajstić information content (AvgIpc) is 2.28. The Morgan fingerprint density at radius 2 is 1.88 bits per heavy atom. The van der Waals surface area contributed by atoms with Crippen LogP contribution < -0.4 is 5.73 Å². The van der Waals surface area contributed by atoms with Crippen molar-refractivity contribution in [3.8, 4) is 0 Å². The Morgan fingerprint density at radius 3 is 2.25 bits per heavy atom. The molecule has 1 aliphatic rings. The molecule has 7 heteroatoms. The molecule has 1 saturated heterocycles. The second kappa shape index (κ2) is 5.39. The Balaban J connectivity index is 2.69. The van der Waals surface area contributed by atoms with E-state index in [9.17, 15) is 8.42 Å². The van der Waals surface area contributed by atoms with Crippen molar-refractivity contribution >= 4 is 27.2 Å². The van der Waals surface area contributed by atoms with E-state index in [0.717, 1.165) is 19.6 Å². The van der Waals surface area contributed by atoms with Gasteiger partial charge in [-0.1, -0.05) is 19.1 Å². The molecular weight excluding hydrogens is 246 g/mol. The smallest absolute Gasteiger partial charge is 0.223 e. The molecule has 1 atom stereocenters. The van der Waals surface area contributed by atoms with Gasteiger partial charge in [-0.05, 0) is 13.5 Å². The first-order chi connectivity index (χ1) is 7.39. The highest BCUT2D eigenvalue weighted by Gasteiger charge is 2.32. The molecule has 1 unspecified atom stereocenters. The topological polar surface area (TPSA) is 66.6 Å². The van der Waals surface area contributed by atoms with Crippen molar-refractivity contribution in [1.29, 1.82) is 0 Å². The molecule has 94 valence electrons. The third kappa shape index (κ3) is 2.91. The van der Waals surface area contributed by atoms with Crippen molar-refractivity contribution < 1.29 is 8.42 Å². The third-order valence-electron chi connectivity index (χ3n) is 2.99. The van der Waals surface area contributed by atoms with Gasteiger partial charge in [-0.2, -0.15) is 4.31 Å². The lowest BCUT2D eigenvalue weighted by Crippen LogP contribution is -2.52. The standard InChI is InChI=1S/C9H19N3O2S2/c1-3-11-4-6-12(7-5-11)16(13,14)8(2)9(10)15/h8H,3-7H2,1-2H3,(H2,10,15). The summed E-state index contributed by atoms with van der Waals surface area (Å²) in [4.78, 5) is 2.26. The number of nitrogens with zero attached hydrogens (tertiary/aromatic N) is 2. The van der Waals surface area contributed by atoms with Crippen molar-refractivity contribution in [2.75, 3.05) is 32.7 Å². The second-order valence-corrected chi connectivity index (χ2v) is 6.65. The number of hydrogen-bond acceptors (Lipinski definition) is 4. The van der Waals surface area contributed by atoms with Gasteiger partial charge in [-0.25, -0.2) is 8.42 Å². The predicted octanol–water partition coefficient (Wildman–Crippen LogP) is -0.372. The van der Waals surface area contributed by atoms with Crippen LogP contribution in [0.3, 0.4) is 0 Å². The molecule has 0 aromatic heterocycles. The molecule has 0 radical (unpaired) electrons. The minimum Gasteiger partial charge on any atom is -0.392 e. The molecule has 0 saturated carbocycles. The molecule has 1 heterocycles. The van der Waals surface area contributed by atoms with Gasteiger partial charge in [0.1, 0.15) is 5.25 Å². The Hall–Kier alpha value is -0.240. The van der Waals surface area contributed by atoms with Crippen LogP contribution in [-0.2, 0) is 10.0 Å². The normalized spacial score (nSPS) is 21.9. The van der Waals surface area contributed by atoms with E-state index in [1.165, 1.54) is 4.31 Å². The number of sulfonamides is 1. The van der Waals surface area contributed by atoms with Gasteiger partial charge >= 0.3 is 0 Å². The summed E-state index contributed by atoms with van der Waals surface area (Å²) in [6, 6.07) is 0. The van der Waals surface area contributed by atoms with E-state index in [-0.39, 0.29) is 4.99 Å². The van der Waals surface area contributed by atoms with Gasteiger partial charge in [0, 0.05) is 26.2 Å². The van der Waals surface area contributed by atoms with Gasteiger partial charge in [0.2, 0.25) is 10.0 Å². The number of hydrogen-bond donors (Lipinski definition) is 1. The summed E-state index contributed by atoms with van der Waals surface area (Å²) >= 11 is 4.74. The SMILES string of the molecule is CCN1CCN(S(=O)(=O)C(C)C(N)=S)CC1. The molecular formula is C9H19N3O2S2. The highest BCUT2D eigenvalue weighted by molar-refractivity contribution is 7.92. The molecule has 5 nitrogen and oxygen atoms in total. The van der Waals surface area contributed by atoms with Crippen LogP contribution in [-0.4, -0.2) is 60.6 Å². The fourth-order valence-electron chi connectivity index (χ4n) is 1.67. The minimum absolute atomic E-state index is 0.0397. The summed E-state index contributed by atoms with van der Waals surface area (Å²) < 4.78 is 25.6. The molecule has 0 bridgehead atoms. The van der Waals surface area contributed by atoms with Crippen LogP contribution in [0.5, 0.6) is 0 Å². The van der Waals surface area contributed by atoms with Crippen molar-refractivity contribution in [3.63, 3.8) is 0 Å². The zero-order valence-corrected chi connectivity index (χ0v) is 11.4. The van der Waals surface area contributed by atoms with Gasteiger partial charge in [-0.15, -0.1) is 0 Å². The van der Waals surface area contributed by atoms with Crippen molar-refractivity contribution in [2.45, 2.75) is 19.1 Å². The van der Waals surface area contributed by atoms with Gasteiger partial charge in [0.25, 0.3) is 0 Å². The second-order valence-electron chi connectivity index (χ2n) is 3.92. The van der Waals surface area contributed by atoms with Crippen molar-refractivity contribution in [2.24, 2.45) is 5.73 Å². The van der Waals surface area contributed by atoms with Crippen LogP contribution in [0, 0.1) is 0 Å². The first-order valence-electron chi connectivity index (χ1n) is 5.40. The lowest BCUT2D eigenvalue weighted by atomic mass is 10.4. The minimum atomic E-state index is -3.35. The predicted molar refractivity (Wildman–Crippen MR) is 68.9 cm³/mol. The summed E-state index contributed by atoms with van der Waals surface area (Å²) in [7, 11) is -3.35. The third-order valence-corrected chi connectivity index (χ3v) is 5.72. The molecule has 1 aliphatic heterocycles. The van der Waals surface area contributed by atoms with Crippen LogP contribution in [0.4, 0.5) is 0 Å². The zero-order chi connectivity index (χ0) is 12.3. The van der Waals surface area contributed by atoms with E-state index in [1.807, 2.05) is 0 Å². The Kier molecular flexibility index (Phi) is 4.66. The van der Waals surface area contributed by atoms with Crippen molar-refractivity contribution in [3.05, 3.63) is 0 Å².